The lowest BCUT2D eigenvalue weighted by Crippen LogP contribution is -2.57. The Hall–Kier alpha value is -1.80. The number of nitrogens with zero attached hydrogens (tertiary/aromatic N) is 2. The van der Waals surface area contributed by atoms with Gasteiger partial charge in [-0.15, -0.1) is 0 Å². The van der Waals surface area contributed by atoms with Crippen molar-refractivity contribution in [1.82, 2.24) is 3.97 Å². The Labute approximate surface area is 191 Å². The van der Waals surface area contributed by atoms with Crippen LogP contribution in [0.25, 0.3) is 10.9 Å². The van der Waals surface area contributed by atoms with Crippen LogP contribution in [0.15, 0.2) is 35.6 Å². The molecule has 1 aromatic carbocycles. The van der Waals surface area contributed by atoms with Crippen molar-refractivity contribution >= 4 is 48.4 Å². The molecule has 4 N–H and O–H groups in total. The minimum absolute atomic E-state index is 0.0251. The fraction of sp³-hybridized carbons (Fsp3) is 0.438. The van der Waals surface area contributed by atoms with E-state index in [1.165, 1.54) is 18.2 Å². The molecule has 0 amide bonds. The normalized spacial score (nSPS) is 27.1. The van der Waals surface area contributed by atoms with Crippen molar-refractivity contribution in [2.45, 2.75) is 36.3 Å². The predicted molar refractivity (Wildman–Crippen MR) is 110 cm³/mol. The highest BCUT2D eigenvalue weighted by Gasteiger charge is 2.44. The van der Waals surface area contributed by atoms with Crippen LogP contribution in [0, 0.1) is 0 Å². The highest BCUT2D eigenvalue weighted by Crippen LogP contribution is 2.32. The largest absolute Gasteiger partial charge is 0.731 e. The lowest BCUT2D eigenvalue weighted by atomic mass is 10.0. The molecule has 2 aromatic rings. The third-order valence-electron chi connectivity index (χ3n) is 4.67. The molecule has 1 saturated heterocycles. The number of para-hydroxylation sites is 1. The summed E-state index contributed by atoms with van der Waals surface area (Å²) in [5.41, 5.74) is -1.22. The third kappa shape index (κ3) is 6.01. The van der Waals surface area contributed by atoms with Crippen LogP contribution >= 0.6 is 11.8 Å². The van der Waals surface area contributed by atoms with Crippen LogP contribution in [0.5, 0.6) is 0 Å². The quantitative estimate of drug-likeness (QED) is 0.0989. The summed E-state index contributed by atoms with van der Waals surface area (Å²) in [4.78, 5) is 0. The van der Waals surface area contributed by atoms with E-state index in [4.69, 9.17) is 4.74 Å². The molecular weight excluding hydrogens is 508 g/mol. The van der Waals surface area contributed by atoms with Crippen LogP contribution in [-0.2, 0) is 36.1 Å². The zero-order chi connectivity index (χ0) is 24.6. The highest BCUT2D eigenvalue weighted by atomic mass is 32.3. The van der Waals surface area contributed by atoms with Crippen molar-refractivity contribution < 1.29 is 55.4 Å². The molecule has 14 nitrogen and oxygen atoms in total. The van der Waals surface area contributed by atoms with Gasteiger partial charge in [-0.3, -0.25) is 8.26 Å². The van der Waals surface area contributed by atoms with Crippen LogP contribution in [0.4, 0.5) is 0 Å². The van der Waals surface area contributed by atoms with Gasteiger partial charge in [-0.25, -0.2) is 8.42 Å². The van der Waals surface area contributed by atoms with E-state index in [0.717, 1.165) is 6.20 Å². The van der Waals surface area contributed by atoms with Crippen molar-refractivity contribution in [2.24, 2.45) is 5.16 Å². The molecule has 0 spiro atoms. The van der Waals surface area contributed by atoms with Crippen LogP contribution in [-0.4, -0.2) is 91.8 Å². The lowest BCUT2D eigenvalue weighted by molar-refractivity contribution is -0.205. The van der Waals surface area contributed by atoms with Gasteiger partial charge in [0.2, 0.25) is 0 Å². The first kappa shape index (κ1) is 25.8. The molecule has 1 aromatic heterocycles. The van der Waals surface area contributed by atoms with Gasteiger partial charge >= 0.3 is 0 Å². The molecule has 184 valence electrons. The molecular formula is C16H18N2O12S3-2. The van der Waals surface area contributed by atoms with E-state index >= 15 is 0 Å². The van der Waals surface area contributed by atoms with E-state index in [1.807, 2.05) is 0 Å². The van der Waals surface area contributed by atoms with Crippen LogP contribution in [0.1, 0.15) is 5.56 Å². The molecule has 0 aliphatic carbocycles. The summed E-state index contributed by atoms with van der Waals surface area (Å²) < 4.78 is 77.1. The lowest BCUT2D eigenvalue weighted by Gasteiger charge is -2.39. The fourth-order valence-electron chi connectivity index (χ4n) is 3.19. The molecule has 3 rings (SSSR count). The van der Waals surface area contributed by atoms with E-state index in [-0.39, 0.29) is 21.5 Å². The number of aliphatic hydroxyl groups is 4. The summed E-state index contributed by atoms with van der Waals surface area (Å²) in [5.74, 6) is 0. The molecule has 0 saturated carbocycles. The van der Waals surface area contributed by atoms with Gasteiger partial charge in [-0.2, -0.15) is 8.42 Å². The van der Waals surface area contributed by atoms with Gasteiger partial charge in [0.05, 0.1) is 12.1 Å². The second kappa shape index (κ2) is 9.82. The summed E-state index contributed by atoms with van der Waals surface area (Å²) >= 11 is 0.490. The maximum Gasteiger partial charge on any atom is 0.284 e. The SMILES string of the molecule is O=S(=O)([O-])O/N=C(/Cc1cn(S(=O)(=O)[O-])c2ccccc12)S[C@@H]1O[C@H](CO)[C@H](O)[C@H](O)[C@H]1O. The van der Waals surface area contributed by atoms with Crippen molar-refractivity contribution in [2.75, 3.05) is 6.61 Å². The first-order valence-electron chi connectivity index (χ1n) is 9.05. The fourth-order valence-corrected chi connectivity index (χ4v) is 5.16. The standard InChI is InChI=1S/C16H20N2O12S3/c19-7-11-13(20)14(21)15(22)16(29-11)31-12(17-30-33(26,27)28)5-8-6-18(32(23,24)25)10-4-2-1-3-9(8)10/h1-4,6,11,13-16,19-22H,5,7H2,(H,23,24,25)(H,26,27,28)/p-2/b17-12-/t11-,13+,14+,15-,16+/m1/s1. The zero-order valence-electron chi connectivity index (χ0n) is 16.4. The molecule has 5 atom stereocenters. The smallest absolute Gasteiger partial charge is 0.284 e. The number of oxime groups is 1. The molecule has 0 bridgehead atoms. The molecule has 1 fully saturated rings. The van der Waals surface area contributed by atoms with Gasteiger partial charge in [-0.05, 0) is 11.6 Å². The van der Waals surface area contributed by atoms with Crippen LogP contribution < -0.4 is 0 Å². The third-order valence-corrected chi connectivity index (χ3v) is 6.83. The summed E-state index contributed by atoms with van der Waals surface area (Å²) in [6.07, 6.45) is -5.82. The molecule has 1 aliphatic heterocycles. The Kier molecular flexibility index (Phi) is 7.68. The predicted octanol–water partition coefficient (Wildman–Crippen LogP) is -2.18. The number of rotatable bonds is 7. The monoisotopic (exact) mass is 526 g/mol. The molecule has 17 heteroatoms. The number of benzene rings is 1. The molecule has 0 unspecified atom stereocenters. The zero-order valence-corrected chi connectivity index (χ0v) is 18.8. The Morgan fingerprint density at radius 2 is 1.79 bits per heavy atom. The van der Waals surface area contributed by atoms with Gasteiger partial charge < -0.3 is 34.3 Å². The highest BCUT2D eigenvalue weighted by molar-refractivity contribution is 8.14. The van der Waals surface area contributed by atoms with Gasteiger partial charge in [0.25, 0.3) is 10.4 Å². The number of aliphatic hydroxyl groups excluding tert-OH is 4. The van der Waals surface area contributed by atoms with Gasteiger partial charge in [0, 0.05) is 18.0 Å². The van der Waals surface area contributed by atoms with Gasteiger partial charge in [0.1, 0.15) is 34.9 Å². The Morgan fingerprint density at radius 1 is 1.12 bits per heavy atom. The number of thioether (sulfide) groups is 1. The summed E-state index contributed by atoms with van der Waals surface area (Å²) in [6.45, 7) is -0.727. The van der Waals surface area contributed by atoms with E-state index < -0.39 is 63.6 Å². The average molecular weight is 527 g/mol. The first-order valence-corrected chi connectivity index (χ1v) is 12.6. The maximum atomic E-state index is 11.6. The maximum absolute atomic E-state index is 11.6. The summed E-state index contributed by atoms with van der Waals surface area (Å²) in [5, 5.41) is 42.5. The second-order valence-corrected chi connectivity index (χ2v) is 10.3. The molecule has 33 heavy (non-hydrogen) atoms. The summed E-state index contributed by atoms with van der Waals surface area (Å²) in [7, 11) is -10.2. The number of hydrogen-bond donors (Lipinski definition) is 4. The number of ether oxygens (including phenoxy) is 1. The van der Waals surface area contributed by atoms with Gasteiger partial charge in [0.15, 0.2) is 10.3 Å². The topological polar surface area (TPSA) is 231 Å². The minimum atomic E-state index is -5.30. The Balaban J connectivity index is 1.98. The van der Waals surface area contributed by atoms with Gasteiger partial charge in [-0.1, -0.05) is 35.1 Å². The Morgan fingerprint density at radius 3 is 2.39 bits per heavy atom. The average Bonchev–Trinajstić information content (AvgIpc) is 3.11. The Bertz CT molecular complexity index is 1240. The number of hydrogen-bond acceptors (Lipinski definition) is 14. The van der Waals surface area contributed by atoms with Crippen LogP contribution in [0.2, 0.25) is 0 Å². The summed E-state index contributed by atoms with van der Waals surface area (Å²) in [6, 6.07) is 5.87. The minimum Gasteiger partial charge on any atom is -0.731 e. The van der Waals surface area contributed by atoms with Crippen molar-refractivity contribution in [1.29, 1.82) is 0 Å². The molecule has 1 aliphatic rings. The second-order valence-electron chi connectivity index (χ2n) is 6.88. The van der Waals surface area contributed by atoms with Crippen molar-refractivity contribution in [3.8, 4) is 0 Å². The van der Waals surface area contributed by atoms with E-state index in [9.17, 15) is 46.4 Å². The number of fused-ring (bicyclic) bond motifs is 1. The van der Waals surface area contributed by atoms with Crippen molar-refractivity contribution in [3.05, 3.63) is 36.0 Å². The van der Waals surface area contributed by atoms with E-state index in [0.29, 0.717) is 15.7 Å². The van der Waals surface area contributed by atoms with E-state index in [1.54, 1.807) is 6.07 Å². The van der Waals surface area contributed by atoms with E-state index in [2.05, 4.69) is 9.44 Å². The van der Waals surface area contributed by atoms with Crippen LogP contribution in [0.3, 0.4) is 0 Å². The first-order chi connectivity index (χ1) is 15.3. The number of aromatic nitrogens is 1. The molecule has 2 heterocycles. The molecule has 0 radical (unpaired) electrons. The van der Waals surface area contributed by atoms with Crippen molar-refractivity contribution in [3.63, 3.8) is 0 Å².